The molecule has 0 aliphatic rings. The van der Waals surface area contributed by atoms with Crippen LogP contribution in [0.25, 0.3) is 66.8 Å². The first-order valence-electron chi connectivity index (χ1n) is 35.0. The number of nitrogens with one attached hydrogen (secondary N) is 6. The molecule has 32 heteroatoms. The Morgan fingerprint density at radius 2 is 0.743 bits per heavy atom. The molecule has 6 aromatic heterocycles. The first-order valence-corrected chi connectivity index (χ1v) is 38.7. The van der Waals surface area contributed by atoms with Gasteiger partial charge in [0.05, 0.1) is 89.1 Å². The third-order valence-corrected chi connectivity index (χ3v) is 18.0. The predicted molar refractivity (Wildman–Crippen MR) is 428 cm³/mol. The van der Waals surface area contributed by atoms with E-state index in [-0.39, 0.29) is 80.1 Å². The van der Waals surface area contributed by atoms with Crippen LogP contribution in [-0.2, 0) is 39.2 Å². The zero-order valence-electron chi connectivity index (χ0n) is 62.7. The monoisotopic (exact) mass is 1570 g/mol. The molecule has 0 radical (unpaired) electrons. The van der Waals surface area contributed by atoms with Crippen LogP contribution < -0.4 is 31.3 Å². The third-order valence-electron chi connectivity index (χ3n) is 15.9. The van der Waals surface area contributed by atoms with E-state index < -0.39 is 20.0 Å². The number of carbonyl (C=O) groups is 5. The number of carbonyl (C=O) groups excluding carboxylic acids is 5. The molecule has 113 heavy (non-hydrogen) atoms. The molecule has 0 aliphatic heterocycles. The molecule has 7 aromatic carbocycles. The lowest BCUT2D eigenvalue weighted by Crippen LogP contribution is -2.29. The summed E-state index contributed by atoms with van der Waals surface area (Å²) >= 11 is 0. The molecule has 0 spiro atoms. The summed E-state index contributed by atoms with van der Waals surface area (Å²) < 4.78 is 78.1. The van der Waals surface area contributed by atoms with Gasteiger partial charge in [0.25, 0.3) is 5.91 Å². The topological polar surface area (TPSA) is 412 Å². The molecule has 6 N–H and O–H groups in total. The van der Waals surface area contributed by atoms with Crippen LogP contribution in [0.2, 0.25) is 0 Å². The van der Waals surface area contributed by atoms with Crippen molar-refractivity contribution >= 4 is 79.0 Å². The number of benzene rings is 7. The number of amides is 5. The van der Waals surface area contributed by atoms with Crippen molar-refractivity contribution in [1.82, 2.24) is 44.9 Å². The number of nitriles is 1. The molecule has 6 heterocycles. The van der Waals surface area contributed by atoms with Gasteiger partial charge >= 0.3 is 0 Å². The van der Waals surface area contributed by atoms with E-state index in [1.165, 1.54) is 24.3 Å². The first kappa shape index (κ1) is 84.9. The molecule has 0 fully saturated rings. The summed E-state index contributed by atoms with van der Waals surface area (Å²) in [7, 11) is -1.86. The fourth-order valence-corrected chi connectivity index (χ4v) is 10.8. The van der Waals surface area contributed by atoms with E-state index in [0.717, 1.165) is 91.5 Å². The van der Waals surface area contributed by atoms with Crippen LogP contribution in [0.1, 0.15) is 60.7 Å². The predicted octanol–water partition coefficient (Wildman–Crippen LogP) is 14.2. The lowest BCUT2D eigenvalue weighted by atomic mass is 10.1. The van der Waals surface area contributed by atoms with Crippen LogP contribution in [-0.4, -0.2) is 140 Å². The summed E-state index contributed by atoms with van der Waals surface area (Å²) in [5, 5.41) is 44.7. The van der Waals surface area contributed by atoms with Crippen molar-refractivity contribution in [2.45, 2.75) is 46.0 Å². The number of aryl methyl sites for hydroxylation is 1. The number of rotatable bonds is 25. The normalized spacial score (nSPS) is 10.6. The van der Waals surface area contributed by atoms with Gasteiger partial charge in [0.15, 0.2) is 0 Å². The van der Waals surface area contributed by atoms with Crippen LogP contribution in [0.4, 0.5) is 29.4 Å². The van der Waals surface area contributed by atoms with Crippen molar-refractivity contribution in [2.24, 2.45) is 0 Å². The minimum absolute atomic E-state index is 0.00198. The molecular formula is C81H83N15O15S2. The summed E-state index contributed by atoms with van der Waals surface area (Å²) in [5.41, 5.74) is 11.7. The van der Waals surface area contributed by atoms with Crippen LogP contribution in [0, 0.1) is 18.3 Å². The Morgan fingerprint density at radius 3 is 1.10 bits per heavy atom. The maximum atomic E-state index is 12.1. The molecule has 5 amide bonds. The highest BCUT2D eigenvalue weighted by Gasteiger charge is 2.20. The maximum absolute atomic E-state index is 12.1. The van der Waals surface area contributed by atoms with E-state index in [2.05, 4.69) is 75.2 Å². The Kier molecular flexibility index (Phi) is 32.6. The second-order valence-electron chi connectivity index (χ2n) is 24.6. The number of hydrogen-bond donors (Lipinski definition) is 6. The lowest BCUT2D eigenvalue weighted by Gasteiger charge is -2.13. The summed E-state index contributed by atoms with van der Waals surface area (Å²) in [4.78, 5) is 60.5. The molecule has 13 aromatic rings. The standard InChI is InChI=1S/C16H12N2O2.C15H17N3O3.C14H17N3O4S.C13H15N3O4S.C12H14N2O.C11H8N2O/c19-15(13-9-5-2-6-10-13)18-16-14(11-17-20-16)12-7-3-1-4-8-12;1-18(2)14(20)9-8-13(19)17-15-12(10-16-21-15)11-6-4-3-5-7-11;1-17(22(2,19)20)9-8-13(18)16-14-12(10-15-21-14)11-6-4-3-5-7-11;1-21(18,19)15-8-7-12(17)16-13-11(9-14-20-13)10-5-3-2-4-6-10;1-2-8-13-12-11(9-14-15-12)10-6-4-3-5-7-10;1-8-11(7-13-14-8)10-4-2-9(6-12)3-5-10/h1-11H,(H,18,19);3-7,10H,8-9H2,1-2H3,(H,17,19);3-7,10H,8-9H2,1-2H3,(H,16,18);2-6,9,15H,7-8H2,1H3,(H,16,17);3-7,9,13H,2,8H2,1H3;2-5,7H,1H3. The minimum Gasteiger partial charge on any atom is -0.361 e. The van der Waals surface area contributed by atoms with Gasteiger partial charge < -0.3 is 37.4 Å². The van der Waals surface area contributed by atoms with Gasteiger partial charge in [-0.25, -0.2) is 25.9 Å². The fraction of sp³-hybridized carbons (Fsp3) is 0.185. The molecule has 30 nitrogen and oxygen atoms in total. The molecule has 0 saturated carbocycles. The van der Waals surface area contributed by atoms with Crippen molar-refractivity contribution in [3.05, 3.63) is 260 Å². The number of hydrogen-bond acceptors (Lipinski definition) is 23. The van der Waals surface area contributed by atoms with Gasteiger partial charge in [-0.2, -0.15) is 5.26 Å². The zero-order chi connectivity index (χ0) is 81.0. The van der Waals surface area contributed by atoms with Gasteiger partial charge in [-0.3, -0.25) is 45.2 Å². The highest BCUT2D eigenvalue weighted by molar-refractivity contribution is 7.88. The molecule has 13 rings (SSSR count). The second kappa shape index (κ2) is 43.5. The van der Waals surface area contributed by atoms with Crippen molar-refractivity contribution < 1.29 is 67.9 Å². The van der Waals surface area contributed by atoms with E-state index in [9.17, 15) is 40.8 Å². The highest BCUT2D eigenvalue weighted by atomic mass is 32.2. The molecule has 0 unspecified atom stereocenters. The van der Waals surface area contributed by atoms with E-state index in [4.69, 9.17) is 32.4 Å². The van der Waals surface area contributed by atoms with E-state index in [0.29, 0.717) is 39.6 Å². The van der Waals surface area contributed by atoms with Gasteiger partial charge in [-0.15, -0.1) is 0 Å². The summed E-state index contributed by atoms with van der Waals surface area (Å²) in [6.45, 7) is 5.00. The largest absolute Gasteiger partial charge is 0.361 e. The second-order valence-corrected chi connectivity index (χ2v) is 28.5. The molecule has 0 bridgehead atoms. The SMILES string of the molecule is CCCNc1oncc1-c1ccccc1.CN(C)C(=O)CCC(=O)Nc1oncc1-c1ccccc1.CN(CCC(=O)Nc1oncc1-c1ccccc1)S(C)(=O)=O.CS(=O)(=O)NCCC(=O)Nc1oncc1-c1ccccc1.Cc1oncc1-c1ccc(C#N)cc1.O=C(Nc1oncc1-c1ccccc1)c1ccccc1. The zero-order valence-corrected chi connectivity index (χ0v) is 64.3. The van der Waals surface area contributed by atoms with Crippen molar-refractivity contribution in [3.8, 4) is 72.8 Å². The Balaban J connectivity index is 0.000000171. The summed E-state index contributed by atoms with van der Waals surface area (Å²) in [6.07, 6.45) is 13.1. The van der Waals surface area contributed by atoms with Crippen molar-refractivity contribution in [3.63, 3.8) is 0 Å². The number of aromatic nitrogens is 6. The van der Waals surface area contributed by atoms with Crippen LogP contribution in [0.3, 0.4) is 0 Å². The van der Waals surface area contributed by atoms with Gasteiger partial charge in [-0.05, 0) is 71.0 Å². The quantitative estimate of drug-likeness (QED) is 0.0309. The smallest absolute Gasteiger partial charge is 0.258 e. The summed E-state index contributed by atoms with van der Waals surface area (Å²) in [5.74, 6) is 1.38. The fourth-order valence-electron chi connectivity index (χ4n) is 9.89. The maximum Gasteiger partial charge on any atom is 0.258 e. The Hall–Kier alpha value is -13.7. The van der Waals surface area contributed by atoms with Crippen LogP contribution in [0.5, 0.6) is 0 Å². The van der Waals surface area contributed by atoms with Gasteiger partial charge in [-0.1, -0.05) is 220 Å². The molecule has 584 valence electrons. The van der Waals surface area contributed by atoms with E-state index in [1.54, 1.807) is 63.1 Å². The Bertz CT molecular complexity index is 5390. The molecule has 0 saturated heterocycles. The Morgan fingerprint density at radius 1 is 0.407 bits per heavy atom. The average molecular weight is 1570 g/mol. The molecule has 0 aliphatic carbocycles. The van der Waals surface area contributed by atoms with Gasteiger partial charge in [0.1, 0.15) is 5.76 Å². The summed E-state index contributed by atoms with van der Waals surface area (Å²) in [6, 6.07) is 66.3. The van der Waals surface area contributed by atoms with Crippen LogP contribution >= 0.6 is 0 Å². The molecule has 0 atom stereocenters. The number of nitrogens with zero attached hydrogens (tertiary/aromatic N) is 9. The number of sulfonamides is 2. The van der Waals surface area contributed by atoms with Crippen molar-refractivity contribution in [1.29, 1.82) is 5.26 Å². The third kappa shape index (κ3) is 27.7. The van der Waals surface area contributed by atoms with Gasteiger partial charge in [0, 0.05) is 77.6 Å². The first-order chi connectivity index (χ1) is 54.5. The Labute approximate surface area is 652 Å². The average Bonchev–Trinajstić information content (AvgIpc) is 1.76. The van der Waals surface area contributed by atoms with Crippen LogP contribution in [0.15, 0.2) is 271 Å². The minimum atomic E-state index is -3.30. The lowest BCUT2D eigenvalue weighted by molar-refractivity contribution is -0.130. The molecular weight excluding hydrogens is 1490 g/mol. The van der Waals surface area contributed by atoms with E-state index >= 15 is 0 Å². The number of anilines is 5. The highest BCUT2D eigenvalue weighted by Crippen LogP contribution is 2.32. The van der Waals surface area contributed by atoms with E-state index in [1.807, 2.05) is 189 Å². The van der Waals surface area contributed by atoms with Gasteiger partial charge in [0.2, 0.25) is 73.1 Å². The van der Waals surface area contributed by atoms with Crippen molar-refractivity contribution in [2.75, 3.05) is 79.9 Å².